The smallest absolute Gasteiger partial charge is 1.00 e. The Morgan fingerprint density at radius 3 is 1.20 bits per heavy atom. The number of hydrogen-bond acceptors (Lipinski definition) is 20. The predicted octanol–water partition coefficient (Wildman–Crippen LogP) is -8.90. The molecule has 0 radical (unpaired) electrons. The van der Waals surface area contributed by atoms with Crippen molar-refractivity contribution in [3.05, 3.63) is 60.7 Å². The van der Waals surface area contributed by atoms with Gasteiger partial charge in [0.15, 0.2) is 25.4 Å². The molecule has 312 valence electrons. The Bertz CT molecular complexity index is 2780. The second-order valence-corrected chi connectivity index (χ2v) is 20.0. The van der Waals surface area contributed by atoms with Gasteiger partial charge in [-0.25, -0.2) is 25.2 Å². The molecule has 0 unspecified atom stereocenters. The number of rotatable bonds is 16. The van der Waals surface area contributed by atoms with E-state index in [0.29, 0.717) is 12.1 Å². The van der Waals surface area contributed by atoms with Crippen molar-refractivity contribution in [2.75, 3.05) is 30.5 Å². The van der Waals surface area contributed by atoms with Gasteiger partial charge in [0.25, 0.3) is 20.2 Å². The zero-order valence-electron chi connectivity index (χ0n) is 35.4. The molecular weight excluding hydrogens is 971 g/mol. The third-order valence-electron chi connectivity index (χ3n) is 6.96. The van der Waals surface area contributed by atoms with Gasteiger partial charge in [0.1, 0.15) is 21.2 Å². The van der Waals surface area contributed by atoms with Crippen LogP contribution in [-0.4, -0.2) is 98.5 Å². The van der Waals surface area contributed by atoms with Gasteiger partial charge < -0.3 is 16.5 Å². The molecule has 0 aliphatic carbocycles. The molecule has 4 rings (SSSR count). The first-order valence-corrected chi connectivity index (χ1v) is 23.3. The van der Waals surface area contributed by atoms with Gasteiger partial charge in [-0.1, -0.05) is 0 Å². The van der Waals surface area contributed by atoms with Crippen LogP contribution in [0.3, 0.4) is 0 Å². The van der Waals surface area contributed by atoms with Crippen molar-refractivity contribution in [2.45, 2.75) is 19.6 Å². The third-order valence-corrected chi connectivity index (χ3v) is 13.0. The monoisotopic (exact) mass is 999 g/mol. The van der Waals surface area contributed by atoms with E-state index in [1.165, 1.54) is 0 Å². The van der Waals surface area contributed by atoms with Gasteiger partial charge in [-0.15, -0.1) is 10.2 Å². The van der Waals surface area contributed by atoms with Gasteiger partial charge in [0, 0.05) is 0 Å². The first-order chi connectivity index (χ1) is 25.6. The number of aromatic hydroxyl groups is 1. The number of nitrogen functional groups attached to an aromatic ring is 1. The van der Waals surface area contributed by atoms with Crippen LogP contribution >= 0.6 is 0 Å². The Morgan fingerprint density at radius 2 is 0.867 bits per heavy atom. The molecule has 0 saturated heterocycles. The molecule has 0 heterocycles. The number of anilines is 1. The van der Waals surface area contributed by atoms with Crippen molar-refractivity contribution in [3.8, 4) is 5.75 Å². The average molecular weight is 1000 g/mol. The van der Waals surface area contributed by atoms with E-state index in [-0.39, 0.29) is 145 Å². The van der Waals surface area contributed by atoms with Crippen LogP contribution < -0.4 is 124 Å². The molecule has 24 nitrogen and oxygen atoms in total. The standard InChI is InChI=1S/C26H25N5O19S6.4Na.4H/c27-23-22-15(13-20(53(37,38)39)24(23)30-28-16-1-5-18(6-2-16)51(33,34)11-9-49-55(43,44)45)14-21(54(40,41)42)25(26(22)32)31-29-17-3-7-19(8-4-17)52(35,36)12-10-50-56(46,47)48;;;;;;;;/h1-8,13-14,32H,9-12,27H2,(H,37,38,39)(H,40,41,42)(H,43,44,45)(H,46,47,48);;;;;;;;/q;4*+1;4*-1. The fourth-order valence-corrected chi connectivity index (χ4v) is 8.80. The Kier molecular flexibility index (Phi) is 22.8. The van der Waals surface area contributed by atoms with Crippen LogP contribution in [0.4, 0.5) is 28.4 Å². The van der Waals surface area contributed by atoms with Crippen LogP contribution in [0.5, 0.6) is 5.75 Å². The van der Waals surface area contributed by atoms with E-state index in [9.17, 15) is 64.7 Å². The van der Waals surface area contributed by atoms with E-state index >= 15 is 0 Å². The summed E-state index contributed by atoms with van der Waals surface area (Å²) < 4.78 is 187. The molecule has 0 amide bonds. The summed E-state index contributed by atoms with van der Waals surface area (Å²) in [4.78, 5) is -2.93. The molecule has 34 heteroatoms. The number of azo groups is 2. The molecule has 0 aliphatic heterocycles. The molecule has 7 N–H and O–H groups in total. The fourth-order valence-electron chi connectivity index (χ4n) is 4.49. The number of nitrogens with two attached hydrogens (primary N) is 1. The van der Waals surface area contributed by atoms with E-state index < -0.39 is 129 Å². The van der Waals surface area contributed by atoms with Crippen molar-refractivity contribution in [1.82, 2.24) is 0 Å². The maximum Gasteiger partial charge on any atom is 1.00 e. The van der Waals surface area contributed by atoms with Crippen LogP contribution in [-0.2, 0) is 69.1 Å². The minimum atomic E-state index is -5.29. The number of benzene rings is 4. The van der Waals surface area contributed by atoms with Crippen molar-refractivity contribution >= 4 is 99.9 Å². The SMILES string of the molecule is Nc1c(N=Nc2ccc(S(=O)(=O)CCOS(=O)(=O)O)cc2)c(S(=O)(=O)O)cc2cc(S(=O)(=O)O)c(N=Nc3ccc(S(=O)(=O)CCOS(=O)(=O)O)cc3)c(O)c12.[H-].[H-].[H-].[H-].[Na+].[Na+].[Na+].[Na+]. The summed E-state index contributed by atoms with van der Waals surface area (Å²) in [5, 5.41) is 25.0. The van der Waals surface area contributed by atoms with Gasteiger partial charge in [-0.3, -0.25) is 18.2 Å². The Labute approximate surface area is 437 Å². The fraction of sp³-hybridized carbons (Fsp3) is 0.154. The van der Waals surface area contributed by atoms with Crippen LogP contribution in [0.2, 0.25) is 0 Å². The van der Waals surface area contributed by atoms with Crippen molar-refractivity contribution in [2.24, 2.45) is 20.5 Å². The van der Waals surface area contributed by atoms with E-state index in [1.54, 1.807) is 0 Å². The number of phenolic OH excluding ortho intramolecular Hbond substituents is 1. The summed E-state index contributed by atoms with van der Waals surface area (Å²) in [5.74, 6) is -2.85. The summed E-state index contributed by atoms with van der Waals surface area (Å²) in [6.45, 7) is -1.83. The second kappa shape index (κ2) is 23.0. The average Bonchev–Trinajstić information content (AvgIpc) is 3.05. The van der Waals surface area contributed by atoms with Crippen LogP contribution in [0.1, 0.15) is 5.71 Å². The molecule has 0 saturated carbocycles. The van der Waals surface area contributed by atoms with Crippen LogP contribution in [0.25, 0.3) is 10.8 Å². The first-order valence-electron chi connectivity index (χ1n) is 14.4. The molecule has 0 aromatic heterocycles. The molecule has 0 spiro atoms. The van der Waals surface area contributed by atoms with Gasteiger partial charge >= 0.3 is 139 Å². The summed E-state index contributed by atoms with van der Waals surface area (Å²) in [5.41, 5.74) is 3.29. The van der Waals surface area contributed by atoms with Crippen LogP contribution in [0.15, 0.2) is 101 Å². The molecule has 0 bridgehead atoms. The number of nitrogens with zero attached hydrogens (tertiary/aromatic N) is 4. The first kappa shape index (κ1) is 59.4. The molecule has 60 heavy (non-hydrogen) atoms. The van der Waals surface area contributed by atoms with E-state index in [0.717, 1.165) is 48.5 Å². The molecular formula is C26H29N5Na4O19S6. The Morgan fingerprint density at radius 1 is 0.533 bits per heavy atom. The molecule has 4 aromatic carbocycles. The third kappa shape index (κ3) is 16.4. The summed E-state index contributed by atoms with van der Waals surface area (Å²) in [7, 11) is -28.6. The molecule has 4 aromatic rings. The number of fused-ring (bicyclic) bond motifs is 1. The number of sulfone groups is 2. The maximum absolute atomic E-state index is 12.5. The summed E-state index contributed by atoms with van der Waals surface area (Å²) >= 11 is 0. The molecule has 0 aliphatic rings. The van der Waals surface area contributed by atoms with Gasteiger partial charge in [0.05, 0.1) is 57.0 Å². The maximum atomic E-state index is 12.5. The zero-order chi connectivity index (χ0) is 42.1. The quantitative estimate of drug-likeness (QED) is 0.0263. The minimum absolute atomic E-state index is 0. The Hall–Kier alpha value is -0.600. The number of phenols is 1. The molecule has 0 atom stereocenters. The number of hydrogen-bond donors (Lipinski definition) is 6. The minimum Gasteiger partial charge on any atom is -1.00 e. The van der Waals surface area contributed by atoms with Crippen LogP contribution in [0, 0.1) is 0 Å². The van der Waals surface area contributed by atoms with E-state index in [1.807, 2.05) is 0 Å². The van der Waals surface area contributed by atoms with Gasteiger partial charge in [0.2, 0.25) is 0 Å². The summed E-state index contributed by atoms with van der Waals surface area (Å²) in [6, 6.07) is 9.46. The topological polar surface area (TPSA) is 400 Å². The van der Waals surface area contributed by atoms with Crippen molar-refractivity contribution in [3.63, 3.8) is 0 Å². The largest absolute Gasteiger partial charge is 1.00 e. The van der Waals surface area contributed by atoms with Crippen molar-refractivity contribution < 1.29 is 206 Å². The second-order valence-electron chi connectivity index (χ2n) is 10.8. The zero-order valence-corrected chi connectivity index (χ0v) is 44.3. The van der Waals surface area contributed by atoms with Gasteiger partial charge in [-0.05, 0) is 66.0 Å². The van der Waals surface area contributed by atoms with E-state index in [4.69, 9.17) is 14.8 Å². The predicted molar refractivity (Wildman–Crippen MR) is 194 cm³/mol. The van der Waals surface area contributed by atoms with Crippen molar-refractivity contribution in [1.29, 1.82) is 0 Å². The Balaban J connectivity index is -0.00000145. The van der Waals surface area contributed by atoms with Gasteiger partial charge in [-0.2, -0.15) is 43.9 Å². The molecule has 0 fully saturated rings. The van der Waals surface area contributed by atoms with E-state index in [2.05, 4.69) is 28.8 Å². The normalized spacial score (nSPS) is 12.7. The summed E-state index contributed by atoms with van der Waals surface area (Å²) in [6.07, 6.45) is 0.